The average molecular weight is 324 g/mol. The van der Waals surface area contributed by atoms with Crippen LogP contribution in [0.4, 0.5) is 0 Å². The monoisotopic (exact) mass is 324 g/mol. The third kappa shape index (κ3) is 5.69. The molecule has 0 aliphatic carbocycles. The third-order valence-corrected chi connectivity index (χ3v) is 4.36. The summed E-state index contributed by atoms with van der Waals surface area (Å²) in [6, 6.07) is -0.415. The van der Waals surface area contributed by atoms with Crippen molar-refractivity contribution in [1.82, 2.24) is 10.6 Å². The Hall–Kier alpha value is -1.53. The van der Waals surface area contributed by atoms with Gasteiger partial charge in [0.15, 0.2) is 0 Å². The lowest BCUT2D eigenvalue weighted by molar-refractivity contribution is -0.134. The summed E-state index contributed by atoms with van der Waals surface area (Å²) in [6.45, 7) is 8.55. The van der Waals surface area contributed by atoms with E-state index in [0.717, 1.165) is 16.2 Å². The summed E-state index contributed by atoms with van der Waals surface area (Å²) < 4.78 is 5.19. The van der Waals surface area contributed by atoms with Crippen molar-refractivity contribution in [3.8, 4) is 0 Å². The number of hydrogen-bond donors (Lipinski definition) is 2. The number of amides is 2. The first kappa shape index (κ1) is 18.5. The highest BCUT2D eigenvalue weighted by atomic mass is 32.2. The van der Waals surface area contributed by atoms with Crippen LogP contribution >= 0.6 is 11.8 Å². The fourth-order valence-corrected chi connectivity index (χ4v) is 3.06. The van der Waals surface area contributed by atoms with Crippen LogP contribution in [0.2, 0.25) is 0 Å². The summed E-state index contributed by atoms with van der Waals surface area (Å²) in [5, 5.41) is 5.45. The van der Waals surface area contributed by atoms with Gasteiger partial charge in [-0.2, -0.15) is 0 Å². The molecule has 0 bridgehead atoms. The number of nitrogens with one attached hydrogen (secondary N) is 2. The zero-order valence-corrected chi connectivity index (χ0v) is 14.2. The number of hydrogen-bond acceptors (Lipinski definition) is 5. The first-order valence-corrected chi connectivity index (χ1v) is 8.15. The lowest BCUT2D eigenvalue weighted by Gasteiger charge is -2.24. The summed E-state index contributed by atoms with van der Waals surface area (Å²) >= 11 is 1.57. The van der Waals surface area contributed by atoms with Gasteiger partial charge in [0.25, 0.3) is 0 Å². The van der Waals surface area contributed by atoms with Gasteiger partial charge in [-0.3, -0.25) is 14.9 Å². The second-order valence-electron chi connectivity index (χ2n) is 4.89. The number of thioether (sulfide) groups is 1. The molecule has 22 heavy (non-hydrogen) atoms. The molecule has 0 saturated carbocycles. The predicted molar refractivity (Wildman–Crippen MR) is 90.0 cm³/mol. The van der Waals surface area contributed by atoms with E-state index in [1.54, 1.807) is 18.9 Å². The Kier molecular flexibility index (Phi) is 7.98. The minimum atomic E-state index is -0.415. The third-order valence-electron chi connectivity index (χ3n) is 3.11. The highest BCUT2D eigenvalue weighted by molar-refractivity contribution is 8.07. The van der Waals surface area contributed by atoms with Gasteiger partial charge in [-0.1, -0.05) is 37.4 Å². The second-order valence-corrected chi connectivity index (χ2v) is 6.06. The maximum atomic E-state index is 11.8. The molecule has 6 heteroatoms. The molecule has 1 saturated heterocycles. The largest absolute Gasteiger partial charge is 0.379 e. The maximum Gasteiger partial charge on any atom is 0.249 e. The number of carbonyl (C=O) groups excluding carboxylic acids is 2. The van der Waals surface area contributed by atoms with Crippen molar-refractivity contribution >= 4 is 23.6 Å². The van der Waals surface area contributed by atoms with Crippen LogP contribution in [0, 0.1) is 0 Å². The van der Waals surface area contributed by atoms with Crippen LogP contribution in [0.1, 0.15) is 33.1 Å². The van der Waals surface area contributed by atoms with Crippen LogP contribution in [0.3, 0.4) is 0 Å². The molecule has 5 nitrogen and oxygen atoms in total. The molecule has 1 aliphatic rings. The van der Waals surface area contributed by atoms with Crippen LogP contribution in [0.25, 0.3) is 0 Å². The summed E-state index contributed by atoms with van der Waals surface area (Å²) in [7, 11) is 1.66. The van der Waals surface area contributed by atoms with Gasteiger partial charge >= 0.3 is 0 Å². The number of allylic oxidation sites excluding steroid dienone is 2. The van der Waals surface area contributed by atoms with Crippen LogP contribution in [-0.4, -0.2) is 31.6 Å². The van der Waals surface area contributed by atoms with Crippen molar-refractivity contribution in [1.29, 1.82) is 0 Å². The molecule has 0 aromatic rings. The standard InChI is InChI=1S/C16H24N2O3S/c1-5-7-12(10-21-4)22-14(6-2)11(3)17-13-8-9-15(19)18-16(13)20/h6-7,13,17H,3,5,8-10H2,1-2,4H3,(H,18,19,20)/b12-7+,14-6-. The Bertz CT molecular complexity index is 498. The highest BCUT2D eigenvalue weighted by Gasteiger charge is 2.27. The Balaban J connectivity index is 2.67. The van der Waals surface area contributed by atoms with Crippen LogP contribution in [0.15, 0.2) is 34.2 Å². The van der Waals surface area contributed by atoms with Crippen molar-refractivity contribution in [2.24, 2.45) is 0 Å². The number of ether oxygens (including phenoxy) is 1. The van der Waals surface area contributed by atoms with Crippen LogP contribution in [0.5, 0.6) is 0 Å². The normalized spacial score (nSPS) is 19.9. The lowest BCUT2D eigenvalue weighted by Crippen LogP contribution is -2.50. The fourth-order valence-electron chi connectivity index (χ4n) is 2.05. The summed E-state index contributed by atoms with van der Waals surface area (Å²) in [5.74, 6) is -0.512. The molecular formula is C16H24N2O3S. The van der Waals surface area contributed by atoms with Gasteiger partial charge in [0.1, 0.15) is 6.04 Å². The van der Waals surface area contributed by atoms with Gasteiger partial charge in [-0.25, -0.2) is 0 Å². The van der Waals surface area contributed by atoms with E-state index in [1.165, 1.54) is 0 Å². The van der Waals surface area contributed by atoms with Gasteiger partial charge in [0.05, 0.1) is 6.61 Å². The fraction of sp³-hybridized carbons (Fsp3) is 0.500. The number of carbonyl (C=O) groups is 2. The number of methoxy groups -OCH3 is 1. The van der Waals surface area contributed by atoms with Gasteiger partial charge in [-0.15, -0.1) is 0 Å². The molecular weight excluding hydrogens is 300 g/mol. The van der Waals surface area contributed by atoms with Crippen molar-refractivity contribution < 1.29 is 14.3 Å². The molecule has 1 rings (SSSR count). The molecule has 122 valence electrons. The van der Waals surface area contributed by atoms with E-state index in [1.807, 2.05) is 13.0 Å². The number of imide groups is 1. The van der Waals surface area contributed by atoms with Crippen molar-refractivity contribution in [3.63, 3.8) is 0 Å². The molecule has 0 spiro atoms. The smallest absolute Gasteiger partial charge is 0.249 e. The zero-order valence-electron chi connectivity index (χ0n) is 13.4. The molecule has 2 N–H and O–H groups in total. The molecule has 0 aromatic heterocycles. The molecule has 1 atom stereocenters. The van der Waals surface area contributed by atoms with Crippen LogP contribution in [-0.2, 0) is 14.3 Å². The SMILES string of the molecule is C=C(NC1CCC(=O)NC1=O)/C(=C/C)S/C(=C/CC)COC. The van der Waals surface area contributed by atoms with E-state index >= 15 is 0 Å². The molecule has 0 radical (unpaired) electrons. The summed E-state index contributed by atoms with van der Waals surface area (Å²) in [6.07, 6.45) is 5.82. The molecule has 1 aliphatic heterocycles. The molecule has 2 amide bonds. The van der Waals surface area contributed by atoms with E-state index in [4.69, 9.17) is 4.74 Å². The quantitative estimate of drug-likeness (QED) is 0.530. The highest BCUT2D eigenvalue weighted by Crippen LogP contribution is 2.30. The van der Waals surface area contributed by atoms with Crippen molar-refractivity contribution in [2.45, 2.75) is 39.2 Å². The van der Waals surface area contributed by atoms with Gasteiger partial charge < -0.3 is 10.1 Å². The van der Waals surface area contributed by atoms with Gasteiger partial charge in [0, 0.05) is 29.0 Å². The van der Waals surface area contributed by atoms with Gasteiger partial charge in [-0.05, 0) is 19.8 Å². The summed E-state index contributed by atoms with van der Waals surface area (Å²) in [5.41, 5.74) is 0.681. The maximum absolute atomic E-state index is 11.8. The van der Waals surface area contributed by atoms with Crippen molar-refractivity contribution in [3.05, 3.63) is 34.2 Å². The molecule has 1 heterocycles. The molecule has 1 unspecified atom stereocenters. The lowest BCUT2D eigenvalue weighted by atomic mass is 10.1. The zero-order chi connectivity index (χ0) is 16.5. The summed E-state index contributed by atoms with van der Waals surface area (Å²) in [4.78, 5) is 25.0. The topological polar surface area (TPSA) is 67.4 Å². The Morgan fingerprint density at radius 1 is 1.55 bits per heavy atom. The molecule has 1 fully saturated rings. The first-order valence-electron chi connectivity index (χ1n) is 7.33. The Morgan fingerprint density at radius 2 is 2.27 bits per heavy atom. The van der Waals surface area contributed by atoms with E-state index in [9.17, 15) is 9.59 Å². The van der Waals surface area contributed by atoms with E-state index in [-0.39, 0.29) is 11.8 Å². The average Bonchev–Trinajstić information content (AvgIpc) is 2.47. The predicted octanol–water partition coefficient (Wildman–Crippen LogP) is 2.47. The van der Waals surface area contributed by atoms with Crippen molar-refractivity contribution in [2.75, 3.05) is 13.7 Å². The Labute approximate surface area is 136 Å². The number of piperidine rings is 1. The second kappa shape index (κ2) is 9.48. The first-order chi connectivity index (χ1) is 10.5. The number of rotatable bonds is 8. The minimum Gasteiger partial charge on any atom is -0.379 e. The van der Waals surface area contributed by atoms with E-state index in [0.29, 0.717) is 25.1 Å². The van der Waals surface area contributed by atoms with E-state index in [2.05, 4.69) is 30.2 Å². The van der Waals surface area contributed by atoms with Gasteiger partial charge in [0.2, 0.25) is 11.8 Å². The van der Waals surface area contributed by atoms with E-state index < -0.39 is 6.04 Å². The Morgan fingerprint density at radius 3 is 2.82 bits per heavy atom. The minimum absolute atomic E-state index is 0.220. The van der Waals surface area contributed by atoms with Crippen LogP contribution < -0.4 is 10.6 Å². The molecule has 0 aromatic carbocycles.